The van der Waals surface area contributed by atoms with E-state index in [2.05, 4.69) is 4.98 Å². The zero-order valence-electron chi connectivity index (χ0n) is 13.0. The van der Waals surface area contributed by atoms with E-state index >= 15 is 0 Å². The van der Waals surface area contributed by atoms with Crippen LogP contribution in [0.25, 0.3) is 0 Å². The summed E-state index contributed by atoms with van der Waals surface area (Å²) in [6.45, 7) is 3.86. The lowest BCUT2D eigenvalue weighted by Crippen LogP contribution is -2.20. The van der Waals surface area contributed by atoms with Gasteiger partial charge in [0.15, 0.2) is 15.6 Å². The maximum Gasteiger partial charge on any atom is 0.177 e. The summed E-state index contributed by atoms with van der Waals surface area (Å²) in [6, 6.07) is 4.66. The standard InChI is InChI=1S/C15H18N2O3S2/c1-10(18)12-5-6-15(22(4,19)20)14(7-12)17(3)8-13-9-21-11(2)16-13/h5-7,9H,8H2,1-4H3. The molecule has 0 amide bonds. The monoisotopic (exact) mass is 338 g/mol. The first kappa shape index (κ1) is 16.6. The van der Waals surface area contributed by atoms with Gasteiger partial charge in [0, 0.05) is 24.2 Å². The SMILES string of the molecule is CC(=O)c1ccc(S(C)(=O)=O)c(N(C)Cc2csc(C)n2)c1. The van der Waals surface area contributed by atoms with Gasteiger partial charge in [-0.05, 0) is 32.0 Å². The number of sulfone groups is 1. The average molecular weight is 338 g/mol. The van der Waals surface area contributed by atoms with E-state index in [1.807, 2.05) is 12.3 Å². The fraction of sp³-hybridized carbons (Fsp3) is 0.333. The minimum Gasteiger partial charge on any atom is -0.368 e. The molecule has 22 heavy (non-hydrogen) atoms. The van der Waals surface area contributed by atoms with E-state index in [-0.39, 0.29) is 10.7 Å². The highest BCUT2D eigenvalue weighted by atomic mass is 32.2. The number of hydrogen-bond donors (Lipinski definition) is 0. The second-order valence-electron chi connectivity index (χ2n) is 5.22. The summed E-state index contributed by atoms with van der Waals surface area (Å²) in [5.41, 5.74) is 1.88. The fourth-order valence-electron chi connectivity index (χ4n) is 2.16. The van der Waals surface area contributed by atoms with Gasteiger partial charge in [0.05, 0.1) is 27.8 Å². The van der Waals surface area contributed by atoms with Crippen molar-refractivity contribution >= 4 is 32.6 Å². The highest BCUT2D eigenvalue weighted by Gasteiger charge is 2.18. The Labute approximate surface area is 134 Å². The minimum atomic E-state index is -3.38. The molecule has 0 atom stereocenters. The van der Waals surface area contributed by atoms with Crippen molar-refractivity contribution in [2.75, 3.05) is 18.2 Å². The Bertz CT molecular complexity index is 810. The lowest BCUT2D eigenvalue weighted by molar-refractivity contribution is 0.101. The lowest BCUT2D eigenvalue weighted by atomic mass is 10.1. The Hall–Kier alpha value is -1.73. The Morgan fingerprint density at radius 2 is 2.05 bits per heavy atom. The zero-order valence-corrected chi connectivity index (χ0v) is 14.6. The maximum absolute atomic E-state index is 12.0. The Morgan fingerprint density at radius 1 is 1.36 bits per heavy atom. The Kier molecular flexibility index (Phi) is 4.67. The van der Waals surface area contributed by atoms with Crippen LogP contribution in [0.2, 0.25) is 0 Å². The van der Waals surface area contributed by atoms with Gasteiger partial charge in [-0.1, -0.05) is 0 Å². The molecule has 0 fully saturated rings. The van der Waals surface area contributed by atoms with Crippen LogP contribution >= 0.6 is 11.3 Å². The van der Waals surface area contributed by atoms with Crippen molar-refractivity contribution < 1.29 is 13.2 Å². The van der Waals surface area contributed by atoms with E-state index in [1.165, 1.54) is 19.2 Å². The molecular weight excluding hydrogens is 320 g/mol. The van der Waals surface area contributed by atoms with Crippen LogP contribution in [0, 0.1) is 6.92 Å². The summed E-state index contributed by atoms with van der Waals surface area (Å²) in [6.07, 6.45) is 1.17. The van der Waals surface area contributed by atoms with Crippen LogP contribution in [-0.4, -0.2) is 32.5 Å². The van der Waals surface area contributed by atoms with E-state index in [9.17, 15) is 13.2 Å². The Balaban J connectivity index is 2.45. The van der Waals surface area contributed by atoms with Crippen molar-refractivity contribution in [1.29, 1.82) is 0 Å². The molecule has 0 aliphatic carbocycles. The Morgan fingerprint density at radius 3 is 2.55 bits per heavy atom. The van der Waals surface area contributed by atoms with Crippen molar-refractivity contribution in [3.05, 3.63) is 39.8 Å². The van der Waals surface area contributed by atoms with E-state index in [0.717, 1.165) is 10.7 Å². The van der Waals surface area contributed by atoms with Gasteiger partial charge in [-0.2, -0.15) is 0 Å². The molecule has 1 aromatic heterocycles. The lowest BCUT2D eigenvalue weighted by Gasteiger charge is -2.21. The number of rotatable bonds is 5. The first-order chi connectivity index (χ1) is 10.2. The van der Waals surface area contributed by atoms with Crippen LogP contribution in [-0.2, 0) is 16.4 Å². The van der Waals surface area contributed by atoms with E-state index in [0.29, 0.717) is 17.8 Å². The quantitative estimate of drug-likeness (QED) is 0.784. The van der Waals surface area contributed by atoms with Crippen LogP contribution in [0.15, 0.2) is 28.5 Å². The number of thiazole rings is 1. The number of benzene rings is 1. The molecular formula is C15H18N2O3S2. The molecule has 0 unspecified atom stereocenters. The number of ketones is 1. The normalized spacial score (nSPS) is 11.5. The highest BCUT2D eigenvalue weighted by Crippen LogP contribution is 2.27. The minimum absolute atomic E-state index is 0.0980. The van der Waals surface area contributed by atoms with Gasteiger partial charge in [-0.15, -0.1) is 11.3 Å². The molecule has 7 heteroatoms. The summed E-state index contributed by atoms with van der Waals surface area (Å²) < 4.78 is 23.9. The van der Waals surface area contributed by atoms with E-state index < -0.39 is 9.84 Å². The predicted molar refractivity (Wildman–Crippen MR) is 88.5 cm³/mol. The molecule has 0 saturated carbocycles. The molecule has 118 valence electrons. The molecule has 2 rings (SSSR count). The van der Waals surface area contributed by atoms with Gasteiger partial charge in [-0.25, -0.2) is 13.4 Å². The van der Waals surface area contributed by atoms with Gasteiger partial charge in [-0.3, -0.25) is 4.79 Å². The third-order valence-electron chi connectivity index (χ3n) is 3.24. The van der Waals surface area contributed by atoms with Gasteiger partial charge in [0.25, 0.3) is 0 Å². The molecule has 2 aromatic rings. The molecule has 0 aliphatic heterocycles. The van der Waals surface area contributed by atoms with Crippen LogP contribution in [0.3, 0.4) is 0 Å². The molecule has 0 spiro atoms. The van der Waals surface area contributed by atoms with Crippen LogP contribution < -0.4 is 4.90 Å². The van der Waals surface area contributed by atoms with Gasteiger partial charge >= 0.3 is 0 Å². The number of aromatic nitrogens is 1. The van der Waals surface area contributed by atoms with Gasteiger partial charge in [0.2, 0.25) is 0 Å². The van der Waals surface area contributed by atoms with Crippen LogP contribution in [0.4, 0.5) is 5.69 Å². The van der Waals surface area contributed by atoms with Crippen molar-refractivity contribution in [2.45, 2.75) is 25.3 Å². The first-order valence-electron chi connectivity index (χ1n) is 6.65. The molecule has 5 nitrogen and oxygen atoms in total. The number of carbonyl (C=O) groups is 1. The van der Waals surface area contributed by atoms with Gasteiger partial charge < -0.3 is 4.90 Å². The molecule has 1 heterocycles. The third-order valence-corrected chi connectivity index (χ3v) is 5.21. The molecule has 0 radical (unpaired) electrons. The van der Waals surface area contributed by atoms with Crippen LogP contribution in [0.1, 0.15) is 28.0 Å². The van der Waals surface area contributed by atoms with Crippen molar-refractivity contribution in [3.63, 3.8) is 0 Å². The number of hydrogen-bond acceptors (Lipinski definition) is 6. The number of carbonyl (C=O) groups excluding carboxylic acids is 1. The molecule has 0 N–H and O–H groups in total. The smallest absolute Gasteiger partial charge is 0.177 e. The van der Waals surface area contributed by atoms with Crippen LogP contribution in [0.5, 0.6) is 0 Å². The largest absolute Gasteiger partial charge is 0.368 e. The second-order valence-corrected chi connectivity index (χ2v) is 8.27. The fourth-order valence-corrected chi connectivity index (χ4v) is 3.67. The van der Waals surface area contributed by atoms with Crippen molar-refractivity contribution in [2.24, 2.45) is 0 Å². The zero-order chi connectivity index (χ0) is 16.5. The molecule has 0 saturated heterocycles. The number of Topliss-reactive ketones (excluding diaryl/α,β-unsaturated/α-hetero) is 1. The summed E-state index contributed by atoms with van der Waals surface area (Å²) in [7, 11) is -1.58. The molecule has 0 bridgehead atoms. The maximum atomic E-state index is 12.0. The number of anilines is 1. The molecule has 0 aliphatic rings. The second kappa shape index (κ2) is 6.18. The third kappa shape index (κ3) is 3.72. The van der Waals surface area contributed by atoms with Crippen molar-refractivity contribution in [3.8, 4) is 0 Å². The first-order valence-corrected chi connectivity index (χ1v) is 9.43. The summed E-state index contributed by atoms with van der Waals surface area (Å²) in [5.74, 6) is -0.0980. The predicted octanol–water partition coefficient (Wildman–Crippen LogP) is 2.69. The number of aryl methyl sites for hydroxylation is 1. The average Bonchev–Trinajstić information content (AvgIpc) is 2.82. The summed E-state index contributed by atoms with van der Waals surface area (Å²) >= 11 is 1.55. The highest BCUT2D eigenvalue weighted by molar-refractivity contribution is 7.90. The summed E-state index contributed by atoms with van der Waals surface area (Å²) in [5, 5.41) is 2.91. The van der Waals surface area contributed by atoms with Gasteiger partial charge in [0.1, 0.15) is 0 Å². The van der Waals surface area contributed by atoms with E-state index in [1.54, 1.807) is 35.4 Å². The molecule has 1 aromatic carbocycles. The summed E-state index contributed by atoms with van der Waals surface area (Å²) in [4.78, 5) is 18.0. The van der Waals surface area contributed by atoms with Crippen molar-refractivity contribution in [1.82, 2.24) is 4.98 Å². The topological polar surface area (TPSA) is 67.3 Å². The number of nitrogens with zero attached hydrogens (tertiary/aromatic N) is 2. The van der Waals surface area contributed by atoms with E-state index in [4.69, 9.17) is 0 Å².